The Morgan fingerprint density at radius 3 is 2.64 bits per heavy atom. The highest BCUT2D eigenvalue weighted by Crippen LogP contribution is 2.35. The molecule has 0 fully saturated rings. The highest BCUT2D eigenvalue weighted by atomic mass is 19.4. The molecule has 0 aromatic heterocycles. The molecule has 0 heterocycles. The summed E-state index contributed by atoms with van der Waals surface area (Å²) in [5.41, 5.74) is 0.102. The van der Waals surface area contributed by atoms with Crippen LogP contribution >= 0.6 is 0 Å². The second kappa shape index (κ2) is 3.70. The molecule has 1 atom stereocenters. The SMILES string of the molecule is C=C1CC=CC(C#N)=CC1C(F)(F)F. The number of allylic oxidation sites excluding steroid dienone is 5. The van der Waals surface area contributed by atoms with Gasteiger partial charge in [-0.05, 0) is 12.5 Å². The summed E-state index contributed by atoms with van der Waals surface area (Å²) in [4.78, 5) is 0. The first-order chi connectivity index (χ1) is 6.45. The Hall–Kier alpha value is -1.50. The summed E-state index contributed by atoms with van der Waals surface area (Å²) in [6.07, 6.45) is -0.386. The standard InChI is InChI=1S/C10H8F3N/c1-7-3-2-4-8(6-14)5-9(7)10(11,12)13/h2,4-5,9H,1,3H2. The van der Waals surface area contributed by atoms with E-state index in [9.17, 15) is 13.2 Å². The first-order valence-corrected chi connectivity index (χ1v) is 3.98. The van der Waals surface area contributed by atoms with Gasteiger partial charge in [0.05, 0.1) is 12.0 Å². The van der Waals surface area contributed by atoms with Gasteiger partial charge in [-0.2, -0.15) is 18.4 Å². The Bertz CT molecular complexity index is 341. The monoisotopic (exact) mass is 199 g/mol. The molecule has 1 aliphatic carbocycles. The van der Waals surface area contributed by atoms with Crippen molar-refractivity contribution in [1.82, 2.24) is 0 Å². The smallest absolute Gasteiger partial charge is 0.192 e. The van der Waals surface area contributed by atoms with Crippen LogP contribution in [-0.2, 0) is 0 Å². The minimum absolute atomic E-state index is 0.0333. The Balaban J connectivity index is 3.06. The molecule has 0 bridgehead atoms. The van der Waals surface area contributed by atoms with Crippen LogP contribution in [0.5, 0.6) is 0 Å². The zero-order valence-electron chi connectivity index (χ0n) is 7.30. The Kier molecular flexibility index (Phi) is 2.80. The third-order valence-electron chi connectivity index (χ3n) is 1.95. The van der Waals surface area contributed by atoms with Gasteiger partial charge in [-0.15, -0.1) is 0 Å². The first kappa shape index (κ1) is 10.6. The summed E-state index contributed by atoms with van der Waals surface area (Å²) < 4.78 is 37.3. The van der Waals surface area contributed by atoms with Gasteiger partial charge in [-0.25, -0.2) is 0 Å². The molecule has 1 aliphatic rings. The molecule has 0 amide bonds. The molecular weight excluding hydrogens is 191 g/mol. The third-order valence-corrected chi connectivity index (χ3v) is 1.95. The molecular formula is C10H8F3N. The van der Waals surface area contributed by atoms with Crippen molar-refractivity contribution in [2.24, 2.45) is 5.92 Å². The van der Waals surface area contributed by atoms with Crippen LogP contribution < -0.4 is 0 Å². The number of halogens is 3. The molecule has 1 rings (SSSR count). The van der Waals surface area contributed by atoms with E-state index in [1.54, 1.807) is 6.07 Å². The van der Waals surface area contributed by atoms with E-state index < -0.39 is 12.1 Å². The predicted octanol–water partition coefficient (Wildman–Crippen LogP) is 3.13. The Morgan fingerprint density at radius 2 is 2.14 bits per heavy atom. The number of alkyl halides is 3. The molecule has 0 radical (unpaired) electrons. The molecule has 0 saturated carbocycles. The lowest BCUT2D eigenvalue weighted by molar-refractivity contribution is -0.151. The second-order valence-electron chi connectivity index (χ2n) is 3.02. The average Bonchev–Trinajstić information content (AvgIpc) is 2.25. The molecule has 0 N–H and O–H groups in total. The lowest BCUT2D eigenvalue weighted by Crippen LogP contribution is -2.22. The Morgan fingerprint density at radius 1 is 1.50 bits per heavy atom. The first-order valence-electron chi connectivity index (χ1n) is 3.98. The number of nitriles is 1. The summed E-state index contributed by atoms with van der Waals surface area (Å²) in [5, 5.41) is 8.52. The maximum Gasteiger partial charge on any atom is 0.398 e. The van der Waals surface area contributed by atoms with E-state index in [4.69, 9.17) is 5.26 Å². The molecule has 74 valence electrons. The van der Waals surface area contributed by atoms with Crippen molar-refractivity contribution >= 4 is 0 Å². The molecule has 1 unspecified atom stereocenters. The fourth-order valence-corrected chi connectivity index (χ4v) is 1.22. The van der Waals surface area contributed by atoms with Crippen LogP contribution in [-0.4, -0.2) is 6.18 Å². The van der Waals surface area contributed by atoms with Crippen molar-refractivity contribution in [3.63, 3.8) is 0 Å². The molecule has 0 saturated heterocycles. The summed E-state index contributed by atoms with van der Waals surface area (Å²) in [7, 11) is 0. The lowest BCUT2D eigenvalue weighted by Gasteiger charge is -2.17. The van der Waals surface area contributed by atoms with Gasteiger partial charge in [-0.1, -0.05) is 24.3 Å². The molecule has 0 aromatic rings. The van der Waals surface area contributed by atoms with Gasteiger partial charge >= 0.3 is 6.18 Å². The van der Waals surface area contributed by atoms with Crippen LogP contribution in [0.1, 0.15) is 6.42 Å². The van der Waals surface area contributed by atoms with Crippen molar-refractivity contribution in [2.45, 2.75) is 12.6 Å². The van der Waals surface area contributed by atoms with E-state index in [0.717, 1.165) is 6.08 Å². The third kappa shape index (κ3) is 2.25. The normalized spacial score (nSPS) is 22.6. The van der Waals surface area contributed by atoms with Gasteiger partial charge in [0.25, 0.3) is 0 Å². The fourth-order valence-electron chi connectivity index (χ4n) is 1.22. The molecule has 14 heavy (non-hydrogen) atoms. The van der Waals surface area contributed by atoms with Gasteiger partial charge in [0.2, 0.25) is 0 Å². The molecule has 0 spiro atoms. The van der Waals surface area contributed by atoms with Crippen LogP contribution in [0.2, 0.25) is 0 Å². The van der Waals surface area contributed by atoms with E-state index in [0.29, 0.717) is 0 Å². The van der Waals surface area contributed by atoms with Gasteiger partial charge in [0.1, 0.15) is 0 Å². The van der Waals surface area contributed by atoms with Crippen LogP contribution in [0.4, 0.5) is 13.2 Å². The maximum absolute atomic E-state index is 12.4. The van der Waals surface area contributed by atoms with Crippen molar-refractivity contribution in [3.05, 3.63) is 36.0 Å². The maximum atomic E-state index is 12.4. The van der Waals surface area contributed by atoms with Crippen molar-refractivity contribution < 1.29 is 13.2 Å². The van der Waals surface area contributed by atoms with E-state index in [2.05, 4.69) is 6.58 Å². The zero-order valence-corrected chi connectivity index (χ0v) is 7.30. The number of rotatable bonds is 0. The van der Waals surface area contributed by atoms with Crippen molar-refractivity contribution in [2.75, 3.05) is 0 Å². The Labute approximate surface area is 79.8 Å². The molecule has 0 aliphatic heterocycles. The predicted molar refractivity (Wildman–Crippen MR) is 46.1 cm³/mol. The second-order valence-corrected chi connectivity index (χ2v) is 3.02. The number of hydrogen-bond donors (Lipinski definition) is 0. The summed E-state index contributed by atoms with van der Waals surface area (Å²) in [6, 6.07) is 1.70. The topological polar surface area (TPSA) is 23.8 Å². The summed E-state index contributed by atoms with van der Waals surface area (Å²) >= 11 is 0. The lowest BCUT2D eigenvalue weighted by atomic mass is 9.97. The number of nitrogens with zero attached hydrogens (tertiary/aromatic N) is 1. The summed E-state index contributed by atoms with van der Waals surface area (Å²) in [5.74, 6) is -1.70. The average molecular weight is 199 g/mol. The molecule has 4 heteroatoms. The molecule has 1 nitrogen and oxygen atoms in total. The van der Waals surface area contributed by atoms with Crippen LogP contribution in [0.15, 0.2) is 36.0 Å². The fraction of sp³-hybridized carbons (Fsp3) is 0.300. The van der Waals surface area contributed by atoms with E-state index in [-0.39, 0.29) is 17.6 Å². The number of hydrogen-bond acceptors (Lipinski definition) is 1. The van der Waals surface area contributed by atoms with Crippen LogP contribution in [0.25, 0.3) is 0 Å². The quantitative estimate of drug-likeness (QED) is 0.550. The van der Waals surface area contributed by atoms with Crippen LogP contribution in [0.3, 0.4) is 0 Å². The van der Waals surface area contributed by atoms with E-state index in [1.807, 2.05) is 0 Å². The highest BCUT2D eigenvalue weighted by Gasteiger charge is 2.40. The highest BCUT2D eigenvalue weighted by molar-refractivity contribution is 5.38. The van der Waals surface area contributed by atoms with Crippen molar-refractivity contribution in [1.29, 1.82) is 5.26 Å². The zero-order chi connectivity index (χ0) is 10.8. The van der Waals surface area contributed by atoms with Gasteiger partial charge in [0.15, 0.2) is 0 Å². The van der Waals surface area contributed by atoms with E-state index >= 15 is 0 Å². The van der Waals surface area contributed by atoms with Gasteiger partial charge in [-0.3, -0.25) is 0 Å². The summed E-state index contributed by atoms with van der Waals surface area (Å²) in [6.45, 7) is 3.37. The van der Waals surface area contributed by atoms with Gasteiger partial charge < -0.3 is 0 Å². The molecule has 0 aromatic carbocycles. The van der Waals surface area contributed by atoms with E-state index in [1.165, 1.54) is 12.2 Å². The van der Waals surface area contributed by atoms with Crippen molar-refractivity contribution in [3.8, 4) is 6.07 Å². The minimum Gasteiger partial charge on any atom is -0.192 e. The largest absolute Gasteiger partial charge is 0.398 e. The van der Waals surface area contributed by atoms with Crippen LogP contribution in [0, 0.1) is 17.2 Å². The minimum atomic E-state index is -4.36. The van der Waals surface area contributed by atoms with Gasteiger partial charge in [0, 0.05) is 5.57 Å².